The molecule has 1 aromatic heterocycles. The van der Waals surface area contributed by atoms with Crippen LogP contribution < -0.4 is 10.1 Å². The molecule has 2 aromatic carbocycles. The van der Waals surface area contributed by atoms with Gasteiger partial charge < -0.3 is 14.6 Å². The van der Waals surface area contributed by atoms with Gasteiger partial charge in [-0.15, -0.1) is 0 Å². The van der Waals surface area contributed by atoms with Gasteiger partial charge in [0.05, 0.1) is 0 Å². The number of amides is 1. The number of para-hydroxylation sites is 1. The zero-order valence-electron chi connectivity index (χ0n) is 12.8. The summed E-state index contributed by atoms with van der Waals surface area (Å²) in [5.74, 6) is 2.38. The predicted octanol–water partition coefficient (Wildman–Crippen LogP) is 3.48. The maximum Gasteiger partial charge on any atom is 0.249 e. The number of rotatable bonds is 4. The summed E-state index contributed by atoms with van der Waals surface area (Å²) < 4.78 is 11.1. The summed E-state index contributed by atoms with van der Waals surface area (Å²) in [5.41, 5.74) is 0.794. The standard InChI is InChI=1S/C18H15N3O3/c22-16-10-9-15(19-16)18-20-17(21-24-18)12-5-4-8-14(11-12)23-13-6-2-1-3-7-13/h1-8,11,15H,9-10H2,(H,19,22). The largest absolute Gasteiger partial charge is 0.457 e. The minimum absolute atomic E-state index is 0.0120. The van der Waals surface area contributed by atoms with Crippen LogP contribution in [0.5, 0.6) is 11.5 Å². The van der Waals surface area contributed by atoms with Crippen LogP contribution in [-0.4, -0.2) is 16.0 Å². The quantitative estimate of drug-likeness (QED) is 0.796. The molecular formula is C18H15N3O3. The third-order valence-electron chi connectivity index (χ3n) is 3.81. The van der Waals surface area contributed by atoms with Crippen LogP contribution in [0, 0.1) is 0 Å². The van der Waals surface area contributed by atoms with Crippen molar-refractivity contribution in [1.82, 2.24) is 15.5 Å². The summed E-state index contributed by atoms with van der Waals surface area (Å²) in [6, 6.07) is 16.9. The van der Waals surface area contributed by atoms with Gasteiger partial charge in [0.15, 0.2) is 0 Å². The van der Waals surface area contributed by atoms with E-state index < -0.39 is 0 Å². The monoisotopic (exact) mass is 321 g/mol. The molecule has 0 aliphatic carbocycles. The fraction of sp³-hybridized carbons (Fsp3) is 0.167. The van der Waals surface area contributed by atoms with Crippen LogP contribution in [0.2, 0.25) is 0 Å². The van der Waals surface area contributed by atoms with Crippen LogP contribution in [0.15, 0.2) is 59.1 Å². The number of carbonyl (C=O) groups is 1. The third-order valence-corrected chi connectivity index (χ3v) is 3.81. The Morgan fingerprint density at radius 2 is 1.92 bits per heavy atom. The second kappa shape index (κ2) is 6.16. The summed E-state index contributed by atoms with van der Waals surface area (Å²) in [6.45, 7) is 0. The van der Waals surface area contributed by atoms with Crippen molar-refractivity contribution in [2.45, 2.75) is 18.9 Å². The van der Waals surface area contributed by atoms with Crippen LogP contribution in [0.25, 0.3) is 11.4 Å². The van der Waals surface area contributed by atoms with Crippen LogP contribution in [0.3, 0.4) is 0 Å². The van der Waals surface area contributed by atoms with Crippen LogP contribution in [-0.2, 0) is 4.79 Å². The molecule has 1 atom stereocenters. The van der Waals surface area contributed by atoms with Crippen molar-refractivity contribution in [3.8, 4) is 22.9 Å². The first-order valence-electron chi connectivity index (χ1n) is 7.74. The molecule has 3 aromatic rings. The van der Waals surface area contributed by atoms with E-state index in [4.69, 9.17) is 9.26 Å². The number of nitrogens with zero attached hydrogens (tertiary/aromatic N) is 2. The molecule has 4 rings (SSSR count). The lowest BCUT2D eigenvalue weighted by atomic mass is 10.2. The number of carbonyl (C=O) groups excluding carboxylic acids is 1. The molecule has 1 fully saturated rings. The van der Waals surface area contributed by atoms with E-state index in [1.54, 1.807) is 0 Å². The Kier molecular flexibility index (Phi) is 3.70. The fourth-order valence-electron chi connectivity index (χ4n) is 2.62. The van der Waals surface area contributed by atoms with Crippen molar-refractivity contribution in [2.24, 2.45) is 0 Å². The average molecular weight is 321 g/mol. The number of benzene rings is 2. The molecule has 1 aliphatic heterocycles. The van der Waals surface area contributed by atoms with Gasteiger partial charge in [-0.25, -0.2) is 0 Å². The lowest BCUT2D eigenvalue weighted by molar-refractivity contribution is -0.119. The van der Waals surface area contributed by atoms with Crippen molar-refractivity contribution in [3.05, 3.63) is 60.5 Å². The van der Waals surface area contributed by atoms with Crippen molar-refractivity contribution in [3.63, 3.8) is 0 Å². The molecule has 0 bridgehead atoms. The van der Waals surface area contributed by atoms with Gasteiger partial charge in [-0.05, 0) is 30.7 Å². The second-order valence-electron chi connectivity index (χ2n) is 5.56. The molecule has 0 radical (unpaired) electrons. The van der Waals surface area contributed by atoms with E-state index in [2.05, 4.69) is 15.5 Å². The molecule has 1 saturated heterocycles. The molecule has 1 N–H and O–H groups in total. The Bertz CT molecular complexity index is 861. The maximum atomic E-state index is 11.3. The Labute approximate surface area is 138 Å². The van der Waals surface area contributed by atoms with Gasteiger partial charge in [0.25, 0.3) is 0 Å². The topological polar surface area (TPSA) is 77.2 Å². The van der Waals surface area contributed by atoms with Gasteiger partial charge >= 0.3 is 0 Å². The molecule has 6 heteroatoms. The summed E-state index contributed by atoms with van der Waals surface area (Å²) in [4.78, 5) is 15.7. The van der Waals surface area contributed by atoms with Crippen LogP contribution >= 0.6 is 0 Å². The molecular weight excluding hydrogens is 306 g/mol. The highest BCUT2D eigenvalue weighted by Crippen LogP contribution is 2.28. The summed E-state index contributed by atoms with van der Waals surface area (Å²) in [7, 11) is 0. The van der Waals surface area contributed by atoms with E-state index in [9.17, 15) is 4.79 Å². The first-order chi connectivity index (χ1) is 11.8. The summed E-state index contributed by atoms with van der Waals surface area (Å²) in [6.07, 6.45) is 1.17. The Morgan fingerprint density at radius 3 is 2.71 bits per heavy atom. The van der Waals surface area contributed by atoms with Gasteiger partial charge in [-0.3, -0.25) is 4.79 Å². The smallest absolute Gasteiger partial charge is 0.249 e. The molecule has 1 unspecified atom stereocenters. The molecule has 6 nitrogen and oxygen atoms in total. The first-order valence-corrected chi connectivity index (χ1v) is 7.74. The van der Waals surface area contributed by atoms with Crippen LogP contribution in [0.4, 0.5) is 0 Å². The van der Waals surface area contributed by atoms with Gasteiger partial charge in [-0.2, -0.15) is 4.98 Å². The average Bonchev–Trinajstić information content (AvgIpc) is 3.25. The van der Waals surface area contributed by atoms with E-state index >= 15 is 0 Å². The summed E-state index contributed by atoms with van der Waals surface area (Å²) in [5, 5.41) is 6.83. The Balaban J connectivity index is 1.55. The van der Waals surface area contributed by atoms with Gasteiger partial charge in [0, 0.05) is 12.0 Å². The number of ether oxygens (including phenoxy) is 1. The molecule has 24 heavy (non-hydrogen) atoms. The lowest BCUT2D eigenvalue weighted by Crippen LogP contribution is -2.18. The van der Waals surface area contributed by atoms with E-state index in [0.717, 1.165) is 11.3 Å². The summed E-state index contributed by atoms with van der Waals surface area (Å²) >= 11 is 0. The molecule has 1 aliphatic rings. The van der Waals surface area contributed by atoms with Gasteiger partial charge in [-0.1, -0.05) is 35.5 Å². The van der Waals surface area contributed by atoms with Crippen molar-refractivity contribution >= 4 is 5.91 Å². The van der Waals surface area contributed by atoms with E-state index in [-0.39, 0.29) is 11.9 Å². The van der Waals surface area contributed by atoms with Crippen molar-refractivity contribution < 1.29 is 14.1 Å². The normalized spacial score (nSPS) is 16.8. The zero-order chi connectivity index (χ0) is 16.4. The highest BCUT2D eigenvalue weighted by Gasteiger charge is 2.27. The Morgan fingerprint density at radius 1 is 1.08 bits per heavy atom. The number of hydrogen-bond donors (Lipinski definition) is 1. The molecule has 0 saturated carbocycles. The Hall–Kier alpha value is -3.15. The highest BCUT2D eigenvalue weighted by atomic mass is 16.5. The molecule has 0 spiro atoms. The molecule has 120 valence electrons. The number of hydrogen-bond acceptors (Lipinski definition) is 5. The second-order valence-corrected chi connectivity index (χ2v) is 5.56. The van der Waals surface area contributed by atoms with E-state index in [0.29, 0.717) is 30.3 Å². The molecule has 1 amide bonds. The third kappa shape index (κ3) is 2.99. The van der Waals surface area contributed by atoms with Gasteiger partial charge in [0.2, 0.25) is 17.6 Å². The van der Waals surface area contributed by atoms with Crippen LogP contribution in [0.1, 0.15) is 24.8 Å². The van der Waals surface area contributed by atoms with Crippen molar-refractivity contribution in [1.29, 1.82) is 0 Å². The number of aromatic nitrogens is 2. The number of nitrogens with one attached hydrogen (secondary N) is 1. The van der Waals surface area contributed by atoms with Crippen molar-refractivity contribution in [2.75, 3.05) is 0 Å². The van der Waals surface area contributed by atoms with E-state index in [1.807, 2.05) is 54.6 Å². The lowest BCUT2D eigenvalue weighted by Gasteiger charge is -2.06. The van der Waals surface area contributed by atoms with Gasteiger partial charge in [0.1, 0.15) is 17.5 Å². The minimum Gasteiger partial charge on any atom is -0.457 e. The van der Waals surface area contributed by atoms with E-state index in [1.165, 1.54) is 0 Å². The first kappa shape index (κ1) is 14.4. The zero-order valence-corrected chi connectivity index (χ0v) is 12.8. The predicted molar refractivity (Wildman–Crippen MR) is 86.4 cm³/mol. The molecule has 2 heterocycles. The minimum atomic E-state index is -0.192. The maximum absolute atomic E-state index is 11.3. The fourth-order valence-corrected chi connectivity index (χ4v) is 2.62. The highest BCUT2D eigenvalue weighted by molar-refractivity contribution is 5.78. The SMILES string of the molecule is O=C1CCC(c2nc(-c3cccc(Oc4ccccc4)c3)no2)N1.